The number of hydrogen-bond donors (Lipinski definition) is 3. The number of aromatic nitrogens is 5. The number of ether oxygens (including phenoxy) is 1. The minimum absolute atomic E-state index is 0.0651. The number of morpholine rings is 1. The molecule has 0 bridgehead atoms. The molecule has 2 amide bonds. The lowest BCUT2D eigenvalue weighted by Crippen LogP contribution is -2.44. The molecule has 1 aliphatic carbocycles. The van der Waals surface area contributed by atoms with Crippen LogP contribution in [0.3, 0.4) is 0 Å². The highest BCUT2D eigenvalue weighted by atomic mass is 32.2. The largest absolute Gasteiger partial charge is 0.377 e. The first kappa shape index (κ1) is 26.8. The normalized spacial score (nSPS) is 18.1. The number of hydrogen-bond acceptors (Lipinski definition) is 9. The monoisotopic (exact) mass is 574 g/mol. The third kappa shape index (κ3) is 5.13. The number of aryl methyl sites for hydroxylation is 1. The fourth-order valence-corrected chi connectivity index (χ4v) is 6.95. The number of nitrogens with zero attached hydrogens (tertiary/aromatic N) is 5. The molecule has 0 unspecified atom stereocenters. The Hall–Kier alpha value is -4.36. The van der Waals surface area contributed by atoms with Crippen molar-refractivity contribution in [1.29, 1.82) is 0 Å². The second-order valence-electron chi connectivity index (χ2n) is 10.3. The van der Waals surface area contributed by atoms with Crippen molar-refractivity contribution in [1.82, 2.24) is 25.1 Å². The number of rotatable bonds is 7. The predicted octanol–water partition coefficient (Wildman–Crippen LogP) is 3.90. The van der Waals surface area contributed by atoms with Gasteiger partial charge in [0.15, 0.2) is 15.7 Å². The summed E-state index contributed by atoms with van der Waals surface area (Å²) < 4.78 is 32.1. The number of amides is 2. The maximum Gasteiger partial charge on any atom is 0.323 e. The predicted molar refractivity (Wildman–Crippen MR) is 153 cm³/mol. The van der Waals surface area contributed by atoms with Crippen LogP contribution in [-0.4, -0.2) is 65.4 Å². The quantitative estimate of drug-likeness (QED) is 0.298. The molecule has 6 rings (SSSR count). The average Bonchev–Trinajstić information content (AvgIpc) is 3.72. The van der Waals surface area contributed by atoms with E-state index in [9.17, 15) is 13.2 Å². The van der Waals surface area contributed by atoms with Crippen molar-refractivity contribution in [2.75, 3.05) is 35.3 Å². The van der Waals surface area contributed by atoms with Crippen LogP contribution in [0.15, 0.2) is 66.0 Å². The van der Waals surface area contributed by atoms with E-state index in [0.717, 1.165) is 5.69 Å². The molecule has 1 aliphatic heterocycles. The molecule has 41 heavy (non-hydrogen) atoms. The van der Waals surface area contributed by atoms with Crippen LogP contribution in [0, 0.1) is 6.92 Å². The first-order valence-corrected chi connectivity index (χ1v) is 14.8. The highest BCUT2D eigenvalue weighted by molar-refractivity contribution is 7.92. The summed E-state index contributed by atoms with van der Waals surface area (Å²) in [5.41, 5.74) is 3.08. The summed E-state index contributed by atoms with van der Waals surface area (Å²) in [6, 6.07) is 11.7. The van der Waals surface area contributed by atoms with Gasteiger partial charge in [-0.2, -0.15) is 5.10 Å². The number of pyridine rings is 1. The molecule has 4 aromatic rings. The minimum atomic E-state index is -3.72. The zero-order valence-electron chi connectivity index (χ0n) is 22.7. The summed E-state index contributed by atoms with van der Waals surface area (Å²) in [6.45, 7) is 5.61. The molecule has 2 aliphatic rings. The number of nitrogens with one attached hydrogen (secondary N) is 3. The van der Waals surface area contributed by atoms with E-state index in [1.807, 2.05) is 13.0 Å². The van der Waals surface area contributed by atoms with Gasteiger partial charge in [-0.15, -0.1) is 0 Å². The van der Waals surface area contributed by atoms with Gasteiger partial charge in [-0.3, -0.25) is 10.1 Å². The fraction of sp³-hybridized carbons (Fsp3) is 0.321. The van der Waals surface area contributed by atoms with Gasteiger partial charge in [0.25, 0.3) is 0 Å². The van der Waals surface area contributed by atoms with Crippen LogP contribution in [0.2, 0.25) is 0 Å². The van der Waals surface area contributed by atoms with Gasteiger partial charge in [-0.1, -0.05) is 0 Å². The van der Waals surface area contributed by atoms with Crippen molar-refractivity contribution in [3.05, 3.63) is 72.4 Å². The topological polar surface area (TPSA) is 155 Å². The molecule has 4 heterocycles. The van der Waals surface area contributed by atoms with Gasteiger partial charge in [0.1, 0.15) is 10.6 Å². The van der Waals surface area contributed by atoms with E-state index in [-0.39, 0.29) is 10.9 Å². The van der Waals surface area contributed by atoms with E-state index in [2.05, 4.69) is 37.6 Å². The molecule has 0 radical (unpaired) electrons. The van der Waals surface area contributed by atoms with E-state index in [0.29, 0.717) is 66.9 Å². The van der Waals surface area contributed by atoms with Crippen molar-refractivity contribution in [3.63, 3.8) is 0 Å². The Morgan fingerprint density at radius 1 is 1.10 bits per heavy atom. The van der Waals surface area contributed by atoms with Gasteiger partial charge in [0.2, 0.25) is 0 Å². The van der Waals surface area contributed by atoms with Crippen LogP contribution < -0.4 is 15.5 Å². The number of urea groups is 1. The van der Waals surface area contributed by atoms with Gasteiger partial charge >= 0.3 is 6.03 Å². The van der Waals surface area contributed by atoms with Gasteiger partial charge < -0.3 is 20.3 Å². The fourth-order valence-electron chi connectivity index (χ4n) is 4.99. The molecule has 1 saturated carbocycles. The molecule has 3 N–H and O–H groups in total. The summed E-state index contributed by atoms with van der Waals surface area (Å²) in [7, 11) is -3.72. The lowest BCUT2D eigenvalue weighted by atomic mass is 10.1. The Morgan fingerprint density at radius 2 is 1.85 bits per heavy atom. The summed E-state index contributed by atoms with van der Waals surface area (Å²) in [6.07, 6.45) is 5.46. The van der Waals surface area contributed by atoms with E-state index >= 15 is 0 Å². The molecule has 2 fully saturated rings. The minimum Gasteiger partial charge on any atom is -0.377 e. The van der Waals surface area contributed by atoms with Crippen LogP contribution in [-0.2, 0) is 19.3 Å². The second-order valence-corrected chi connectivity index (χ2v) is 12.6. The van der Waals surface area contributed by atoms with Crippen LogP contribution >= 0.6 is 0 Å². The van der Waals surface area contributed by atoms with Gasteiger partial charge in [-0.25, -0.2) is 23.2 Å². The summed E-state index contributed by atoms with van der Waals surface area (Å²) in [5.74, 6) is 1.08. The zero-order chi connectivity index (χ0) is 28.6. The van der Waals surface area contributed by atoms with E-state index in [4.69, 9.17) is 14.7 Å². The van der Waals surface area contributed by atoms with Gasteiger partial charge in [0.05, 0.1) is 47.4 Å². The molecule has 1 saturated heterocycles. The highest BCUT2D eigenvalue weighted by Crippen LogP contribution is 2.55. The van der Waals surface area contributed by atoms with E-state index < -0.39 is 20.6 Å². The number of carbonyl (C=O) groups is 1. The molecule has 0 spiro atoms. The first-order chi connectivity index (χ1) is 19.8. The molecule has 1 aromatic carbocycles. The molecule has 13 heteroatoms. The molecule has 3 aromatic heterocycles. The lowest BCUT2D eigenvalue weighted by Gasteiger charge is -2.34. The molecule has 1 atom stereocenters. The maximum atomic E-state index is 13.8. The molecule has 12 nitrogen and oxygen atoms in total. The molecular formula is C28H30N8O4S. The van der Waals surface area contributed by atoms with Gasteiger partial charge in [-0.05, 0) is 63.1 Å². The highest BCUT2D eigenvalue weighted by Gasteiger charge is 2.58. The molecular weight excluding hydrogens is 544 g/mol. The summed E-state index contributed by atoms with van der Waals surface area (Å²) in [4.78, 5) is 28.5. The van der Waals surface area contributed by atoms with E-state index in [1.165, 1.54) is 30.7 Å². The van der Waals surface area contributed by atoms with Crippen molar-refractivity contribution >= 4 is 33.1 Å². The Kier molecular flexibility index (Phi) is 6.91. The maximum absolute atomic E-state index is 13.8. The van der Waals surface area contributed by atoms with Crippen molar-refractivity contribution < 1.29 is 17.9 Å². The standard InChI is InChI=1S/C28H30N8O4S/c1-18-17-40-14-13-36(18)25-15-24(28(9-10-28)41(38,39)22-7-11-29-12-8-22)33-26(34-25)20-3-5-21(6-4-20)31-27(37)32-23-16-30-35-19(23)2/h3-8,11-12,15-16,18H,9-10,13-14,17H2,1-2H3,(H,30,35)(H2,31,32,37)/t18-/m0/s1. The van der Waals surface area contributed by atoms with E-state index in [1.54, 1.807) is 24.3 Å². The third-order valence-corrected chi connectivity index (χ3v) is 10.0. The number of carbonyl (C=O) groups excluding carboxylic acids is 1. The average molecular weight is 575 g/mol. The molecule has 212 valence electrons. The second kappa shape index (κ2) is 10.6. The van der Waals surface area contributed by atoms with Crippen molar-refractivity contribution in [2.24, 2.45) is 0 Å². The Bertz CT molecular complexity index is 1670. The van der Waals surface area contributed by atoms with Crippen LogP contribution in [0.25, 0.3) is 11.4 Å². The number of benzene rings is 1. The van der Waals surface area contributed by atoms with Crippen LogP contribution in [0.4, 0.5) is 22.0 Å². The number of sulfone groups is 1. The van der Waals surface area contributed by atoms with Crippen molar-refractivity contribution in [2.45, 2.75) is 42.4 Å². The Labute approximate surface area is 237 Å². The zero-order valence-corrected chi connectivity index (χ0v) is 23.5. The smallest absolute Gasteiger partial charge is 0.323 e. The Balaban J connectivity index is 1.33. The summed E-state index contributed by atoms with van der Waals surface area (Å²) in [5, 5.41) is 12.2. The Morgan fingerprint density at radius 3 is 2.51 bits per heavy atom. The first-order valence-electron chi connectivity index (χ1n) is 13.3. The summed E-state index contributed by atoms with van der Waals surface area (Å²) >= 11 is 0. The van der Waals surface area contributed by atoms with Crippen LogP contribution in [0.1, 0.15) is 31.2 Å². The van der Waals surface area contributed by atoms with Crippen LogP contribution in [0.5, 0.6) is 0 Å². The SMILES string of the molecule is Cc1[nH]ncc1NC(=O)Nc1ccc(-c2nc(N3CCOC[C@@H]3C)cc(C3(S(=O)(=O)c4ccncc4)CC3)n2)cc1. The van der Waals surface area contributed by atoms with Gasteiger partial charge in [0, 0.05) is 36.3 Å². The number of aromatic amines is 1. The number of anilines is 3. The number of H-pyrrole nitrogens is 1. The lowest BCUT2D eigenvalue weighted by molar-refractivity contribution is 0.0985. The third-order valence-electron chi connectivity index (χ3n) is 7.50. The van der Waals surface area contributed by atoms with Crippen molar-refractivity contribution in [3.8, 4) is 11.4 Å².